The summed E-state index contributed by atoms with van der Waals surface area (Å²) in [6.07, 6.45) is 4.48. The summed E-state index contributed by atoms with van der Waals surface area (Å²) in [4.78, 5) is 3.56. The second-order valence-corrected chi connectivity index (χ2v) is 6.23. The molecule has 1 saturated heterocycles. The number of thioether (sulfide) groups is 1. The Bertz CT molecular complexity index is 610. The molecule has 1 aliphatic rings. The van der Waals surface area contributed by atoms with Gasteiger partial charge in [0.1, 0.15) is 0 Å². The molecule has 0 amide bonds. The zero-order valence-corrected chi connectivity index (χ0v) is 12.8. The first kappa shape index (κ1) is 13.8. The lowest BCUT2D eigenvalue weighted by Crippen LogP contribution is -2.41. The molecule has 2 aromatic rings. The summed E-state index contributed by atoms with van der Waals surface area (Å²) in [5.74, 6) is 0. The van der Waals surface area contributed by atoms with Crippen LogP contribution in [0.4, 0.5) is 5.69 Å². The van der Waals surface area contributed by atoms with E-state index in [1.54, 1.807) is 11.8 Å². The number of hydrogen-bond donors (Lipinski definition) is 1. The normalized spacial score (nSPS) is 20.6. The molecular formula is C15H21N3OS. The van der Waals surface area contributed by atoms with Crippen molar-refractivity contribution in [3.05, 3.63) is 24.4 Å². The van der Waals surface area contributed by atoms with E-state index in [-0.39, 0.29) is 6.10 Å². The zero-order chi connectivity index (χ0) is 14.1. The SMILES string of the molecule is CSc1cc(N)cc2c1ccn2CC1CN(C)CCO1. The fraction of sp³-hybridized carbons (Fsp3) is 0.467. The maximum absolute atomic E-state index is 6.02. The van der Waals surface area contributed by atoms with Gasteiger partial charge in [-0.2, -0.15) is 0 Å². The summed E-state index contributed by atoms with van der Waals surface area (Å²) in [7, 11) is 2.15. The average Bonchev–Trinajstić information content (AvgIpc) is 2.81. The third kappa shape index (κ3) is 2.66. The molecule has 1 fully saturated rings. The number of benzene rings is 1. The first-order valence-corrected chi connectivity index (χ1v) is 8.12. The molecular weight excluding hydrogens is 270 g/mol. The summed E-state index contributed by atoms with van der Waals surface area (Å²) in [5.41, 5.74) is 8.04. The number of fused-ring (bicyclic) bond motifs is 1. The van der Waals surface area contributed by atoms with Crippen LogP contribution in [0.2, 0.25) is 0 Å². The molecule has 5 heteroatoms. The third-order valence-corrected chi connectivity index (χ3v) is 4.61. The van der Waals surface area contributed by atoms with Gasteiger partial charge < -0.3 is 19.9 Å². The van der Waals surface area contributed by atoms with Crippen LogP contribution < -0.4 is 5.73 Å². The number of hydrogen-bond acceptors (Lipinski definition) is 4. The van der Waals surface area contributed by atoms with E-state index in [1.165, 1.54) is 15.8 Å². The Morgan fingerprint density at radius 1 is 1.45 bits per heavy atom. The first-order valence-electron chi connectivity index (χ1n) is 6.90. The highest BCUT2D eigenvalue weighted by Crippen LogP contribution is 2.30. The Morgan fingerprint density at radius 3 is 3.05 bits per heavy atom. The Kier molecular flexibility index (Phi) is 3.92. The molecule has 0 aliphatic carbocycles. The van der Waals surface area contributed by atoms with Crippen LogP contribution in [0, 0.1) is 0 Å². The van der Waals surface area contributed by atoms with Crippen LogP contribution >= 0.6 is 11.8 Å². The summed E-state index contributed by atoms with van der Waals surface area (Å²) >= 11 is 1.74. The maximum Gasteiger partial charge on any atom is 0.0881 e. The van der Waals surface area contributed by atoms with Crippen molar-refractivity contribution in [3.63, 3.8) is 0 Å². The fourth-order valence-corrected chi connectivity index (χ4v) is 3.45. The van der Waals surface area contributed by atoms with Crippen molar-refractivity contribution < 1.29 is 4.74 Å². The summed E-state index contributed by atoms with van der Waals surface area (Å²) in [6, 6.07) is 6.27. The number of nitrogen functional groups attached to an aromatic ring is 1. The van der Waals surface area contributed by atoms with Crippen molar-refractivity contribution >= 4 is 28.4 Å². The van der Waals surface area contributed by atoms with Gasteiger partial charge in [0.2, 0.25) is 0 Å². The lowest BCUT2D eigenvalue weighted by atomic mass is 10.2. The Hall–Kier alpha value is -1.17. The smallest absolute Gasteiger partial charge is 0.0881 e. The molecule has 4 nitrogen and oxygen atoms in total. The van der Waals surface area contributed by atoms with E-state index >= 15 is 0 Å². The molecule has 2 N–H and O–H groups in total. The molecule has 0 bridgehead atoms. The van der Waals surface area contributed by atoms with Crippen LogP contribution in [-0.2, 0) is 11.3 Å². The van der Waals surface area contributed by atoms with Crippen molar-refractivity contribution in [1.82, 2.24) is 9.47 Å². The minimum Gasteiger partial charge on any atom is -0.399 e. The highest BCUT2D eigenvalue weighted by Gasteiger charge is 2.19. The summed E-state index contributed by atoms with van der Waals surface area (Å²) in [6.45, 7) is 3.70. The molecule has 1 aromatic carbocycles. The van der Waals surface area contributed by atoms with Gasteiger partial charge in [-0.1, -0.05) is 0 Å². The van der Waals surface area contributed by atoms with Gasteiger partial charge in [-0.25, -0.2) is 0 Å². The predicted molar refractivity (Wildman–Crippen MR) is 85.4 cm³/mol. The van der Waals surface area contributed by atoms with Gasteiger partial charge in [0, 0.05) is 35.3 Å². The van der Waals surface area contributed by atoms with Crippen molar-refractivity contribution in [1.29, 1.82) is 0 Å². The lowest BCUT2D eigenvalue weighted by molar-refractivity contribution is -0.0269. The molecule has 1 atom stereocenters. The van der Waals surface area contributed by atoms with E-state index in [1.807, 2.05) is 6.07 Å². The average molecular weight is 291 g/mol. The molecule has 0 radical (unpaired) electrons. The summed E-state index contributed by atoms with van der Waals surface area (Å²) < 4.78 is 8.12. The monoisotopic (exact) mass is 291 g/mol. The molecule has 20 heavy (non-hydrogen) atoms. The predicted octanol–water partition coefficient (Wildman–Crippen LogP) is 2.28. The Labute approximate surface area is 123 Å². The number of aromatic nitrogens is 1. The van der Waals surface area contributed by atoms with Gasteiger partial charge in [-0.3, -0.25) is 0 Å². The number of likely N-dealkylation sites (N-methyl/N-ethyl adjacent to an activating group) is 1. The van der Waals surface area contributed by atoms with Crippen LogP contribution in [0.1, 0.15) is 0 Å². The largest absolute Gasteiger partial charge is 0.399 e. The van der Waals surface area contributed by atoms with Crippen LogP contribution in [0.25, 0.3) is 10.9 Å². The Balaban J connectivity index is 1.90. The minimum absolute atomic E-state index is 0.253. The molecule has 3 rings (SSSR count). The highest BCUT2D eigenvalue weighted by molar-refractivity contribution is 7.98. The molecule has 2 heterocycles. The zero-order valence-electron chi connectivity index (χ0n) is 12.0. The topological polar surface area (TPSA) is 43.4 Å². The molecule has 1 aromatic heterocycles. The van der Waals surface area contributed by atoms with Crippen LogP contribution in [0.3, 0.4) is 0 Å². The second-order valence-electron chi connectivity index (χ2n) is 5.38. The van der Waals surface area contributed by atoms with Crippen molar-refractivity contribution in [3.8, 4) is 0 Å². The summed E-state index contributed by atoms with van der Waals surface area (Å²) in [5, 5.41) is 1.27. The Morgan fingerprint density at radius 2 is 2.30 bits per heavy atom. The number of rotatable bonds is 3. The maximum atomic E-state index is 6.02. The minimum atomic E-state index is 0.253. The number of anilines is 1. The van der Waals surface area contributed by atoms with Gasteiger partial charge in [0.25, 0.3) is 0 Å². The van der Waals surface area contributed by atoms with Gasteiger partial charge in [0.05, 0.1) is 24.8 Å². The quantitative estimate of drug-likeness (QED) is 0.696. The van der Waals surface area contributed by atoms with Crippen molar-refractivity contribution in [2.24, 2.45) is 0 Å². The first-order chi connectivity index (χ1) is 9.67. The number of ether oxygens (including phenoxy) is 1. The molecule has 108 valence electrons. The van der Waals surface area contributed by atoms with Gasteiger partial charge in [0.15, 0.2) is 0 Å². The van der Waals surface area contributed by atoms with E-state index in [0.29, 0.717) is 0 Å². The van der Waals surface area contributed by atoms with E-state index in [2.05, 4.69) is 41.1 Å². The molecule has 0 spiro atoms. The second kappa shape index (κ2) is 5.68. The number of morpholine rings is 1. The number of nitrogens with zero attached hydrogens (tertiary/aromatic N) is 2. The third-order valence-electron chi connectivity index (χ3n) is 3.84. The van der Waals surface area contributed by atoms with Gasteiger partial charge in [-0.05, 0) is 31.5 Å². The molecule has 1 unspecified atom stereocenters. The lowest BCUT2D eigenvalue weighted by Gasteiger charge is -2.30. The molecule has 1 aliphatic heterocycles. The van der Waals surface area contributed by atoms with Crippen molar-refractivity contribution in [2.75, 3.05) is 38.7 Å². The van der Waals surface area contributed by atoms with Gasteiger partial charge in [-0.15, -0.1) is 11.8 Å². The van der Waals surface area contributed by atoms with E-state index in [9.17, 15) is 0 Å². The van der Waals surface area contributed by atoms with Gasteiger partial charge >= 0.3 is 0 Å². The van der Waals surface area contributed by atoms with Crippen molar-refractivity contribution in [2.45, 2.75) is 17.5 Å². The van der Waals surface area contributed by atoms with Crippen LogP contribution in [0.15, 0.2) is 29.3 Å². The van der Waals surface area contributed by atoms with E-state index in [4.69, 9.17) is 10.5 Å². The van der Waals surface area contributed by atoms with Crippen LogP contribution in [-0.4, -0.2) is 48.6 Å². The standard InChI is InChI=1S/C15H21N3OS/c1-17-5-6-19-12(9-17)10-18-4-3-13-14(18)7-11(16)8-15(13)20-2/h3-4,7-8,12H,5-6,9-10,16H2,1-2H3. The molecule has 0 saturated carbocycles. The van der Waals surface area contributed by atoms with E-state index in [0.717, 1.165) is 31.9 Å². The number of nitrogens with two attached hydrogens (primary N) is 1. The highest BCUT2D eigenvalue weighted by atomic mass is 32.2. The van der Waals surface area contributed by atoms with E-state index < -0.39 is 0 Å². The van der Waals surface area contributed by atoms with Crippen LogP contribution in [0.5, 0.6) is 0 Å². The fourth-order valence-electron chi connectivity index (χ4n) is 2.81.